The smallest absolute Gasteiger partial charge is 0.407 e. The Morgan fingerprint density at radius 3 is 2.68 bits per heavy atom. The second-order valence-electron chi connectivity index (χ2n) is 8.51. The molecule has 186 valence electrons. The number of aromatic nitrogens is 4. The molecule has 1 atom stereocenters. The molecule has 34 heavy (non-hydrogen) atoms. The number of nitrogens with zero attached hydrogens (tertiary/aromatic N) is 4. The highest BCUT2D eigenvalue weighted by Crippen LogP contribution is 2.26. The minimum Gasteiger partial charge on any atom is -0.444 e. The Balaban J connectivity index is 1.21. The van der Waals surface area contributed by atoms with E-state index < -0.39 is 21.7 Å². The maximum absolute atomic E-state index is 12.6. The number of aromatic amines is 1. The summed E-state index contributed by atoms with van der Waals surface area (Å²) in [6.45, 7) is 3.49. The number of nitrogens with one attached hydrogen (secondary N) is 3. The van der Waals surface area contributed by atoms with Gasteiger partial charge in [0.1, 0.15) is 16.0 Å². The molecular weight excluding hydrogens is 486 g/mol. The molecule has 1 aliphatic heterocycles. The highest BCUT2D eigenvalue weighted by Gasteiger charge is 2.30. The Kier molecular flexibility index (Phi) is 7.43. The predicted octanol–water partition coefficient (Wildman–Crippen LogP) is 1.23. The third kappa shape index (κ3) is 5.70. The lowest BCUT2D eigenvalue weighted by molar-refractivity contribution is 0.102. The highest BCUT2D eigenvalue weighted by atomic mass is 35.5. The van der Waals surface area contributed by atoms with Crippen LogP contribution in [0.15, 0.2) is 28.3 Å². The monoisotopic (exact) mass is 513 g/mol. The van der Waals surface area contributed by atoms with Crippen LogP contribution in [0, 0.1) is 0 Å². The minimum absolute atomic E-state index is 0.0617. The van der Waals surface area contributed by atoms with Crippen molar-refractivity contribution in [2.75, 3.05) is 18.0 Å². The van der Waals surface area contributed by atoms with E-state index in [-0.39, 0.29) is 28.1 Å². The van der Waals surface area contributed by atoms with Gasteiger partial charge in [-0.25, -0.2) is 23.0 Å². The zero-order chi connectivity index (χ0) is 24.3. The second kappa shape index (κ2) is 10.3. The highest BCUT2D eigenvalue weighted by molar-refractivity contribution is 7.89. The molecule has 0 unspecified atom stereocenters. The lowest BCUT2D eigenvalue weighted by Gasteiger charge is -2.29. The van der Waals surface area contributed by atoms with Gasteiger partial charge in [0.25, 0.3) is 5.56 Å². The van der Waals surface area contributed by atoms with Gasteiger partial charge < -0.3 is 15.0 Å². The Labute approximate surface area is 202 Å². The van der Waals surface area contributed by atoms with Crippen LogP contribution in [0.5, 0.6) is 0 Å². The van der Waals surface area contributed by atoms with Gasteiger partial charge in [-0.1, -0.05) is 11.6 Å². The number of H-pyrrole nitrogens is 1. The zero-order valence-electron chi connectivity index (χ0n) is 18.7. The minimum atomic E-state index is -3.62. The van der Waals surface area contributed by atoms with E-state index in [1.165, 1.54) is 18.6 Å². The Morgan fingerprint density at radius 1 is 1.24 bits per heavy atom. The zero-order valence-corrected chi connectivity index (χ0v) is 20.3. The number of halogens is 1. The molecule has 2 aromatic heterocycles. The summed E-state index contributed by atoms with van der Waals surface area (Å²) in [5, 5.41) is 13.0. The summed E-state index contributed by atoms with van der Waals surface area (Å²) in [4.78, 5) is 26.1. The summed E-state index contributed by atoms with van der Waals surface area (Å²) in [5.74, 6) is 0. The third-order valence-corrected chi connectivity index (χ3v) is 7.99. The van der Waals surface area contributed by atoms with Crippen molar-refractivity contribution in [2.45, 2.75) is 68.7 Å². The van der Waals surface area contributed by atoms with E-state index in [4.69, 9.17) is 16.3 Å². The normalized spacial score (nSPS) is 23.1. The molecule has 3 N–H and O–H groups in total. The Morgan fingerprint density at radius 2 is 1.97 bits per heavy atom. The first-order valence-corrected chi connectivity index (χ1v) is 13.1. The van der Waals surface area contributed by atoms with Crippen LogP contribution in [0.3, 0.4) is 0 Å². The van der Waals surface area contributed by atoms with Gasteiger partial charge in [0, 0.05) is 37.8 Å². The van der Waals surface area contributed by atoms with E-state index in [1.807, 2.05) is 11.8 Å². The van der Waals surface area contributed by atoms with Gasteiger partial charge in [-0.3, -0.25) is 9.48 Å². The molecule has 3 heterocycles. The molecule has 2 aliphatic rings. The van der Waals surface area contributed by atoms with Crippen molar-refractivity contribution in [2.24, 2.45) is 0 Å². The molecule has 1 amide bonds. The van der Waals surface area contributed by atoms with Crippen molar-refractivity contribution in [1.29, 1.82) is 0 Å². The van der Waals surface area contributed by atoms with E-state index in [1.54, 1.807) is 4.68 Å². The second-order valence-corrected chi connectivity index (χ2v) is 10.6. The number of ether oxygens (including phenoxy) is 1. The predicted molar refractivity (Wildman–Crippen MR) is 124 cm³/mol. The number of amides is 1. The molecule has 1 aliphatic carbocycles. The summed E-state index contributed by atoms with van der Waals surface area (Å²) >= 11 is 6.06. The fraction of sp³-hybridized carbons (Fsp3) is 0.600. The maximum Gasteiger partial charge on any atom is 0.407 e. The molecule has 0 aromatic carbocycles. The standard InChI is InChI=1S/C20H28ClN7O5S/c1-2-28-12-16(9-23-28)34(31,32)26-14-5-3-13(4-6-14)24-20(30)33-15-7-8-27(11-15)17-10-22-25-19(29)18(17)21/h9-10,12-15,26H,2-8,11H2,1H3,(H,24,30)(H,25,29)/t13?,14?,15-/m1/s1. The van der Waals surface area contributed by atoms with Crippen LogP contribution in [0.2, 0.25) is 5.02 Å². The van der Waals surface area contributed by atoms with Crippen LogP contribution in [-0.2, 0) is 21.3 Å². The molecule has 1 saturated carbocycles. The van der Waals surface area contributed by atoms with Crippen molar-refractivity contribution in [3.8, 4) is 0 Å². The van der Waals surface area contributed by atoms with Crippen LogP contribution >= 0.6 is 11.6 Å². The van der Waals surface area contributed by atoms with Gasteiger partial charge in [0.15, 0.2) is 0 Å². The maximum atomic E-state index is 12.6. The summed E-state index contributed by atoms with van der Waals surface area (Å²) < 4.78 is 35.0. The summed E-state index contributed by atoms with van der Waals surface area (Å²) in [6, 6.07) is -0.278. The number of hydrogen-bond donors (Lipinski definition) is 3. The number of carbonyl (C=O) groups is 1. The first-order chi connectivity index (χ1) is 16.2. The molecule has 0 radical (unpaired) electrons. The average Bonchev–Trinajstić information content (AvgIpc) is 3.47. The van der Waals surface area contributed by atoms with Gasteiger partial charge in [-0.05, 0) is 32.6 Å². The summed E-state index contributed by atoms with van der Waals surface area (Å²) in [7, 11) is -3.62. The van der Waals surface area contributed by atoms with Gasteiger partial charge in [-0.2, -0.15) is 10.2 Å². The van der Waals surface area contributed by atoms with Crippen LogP contribution in [0.4, 0.5) is 10.5 Å². The van der Waals surface area contributed by atoms with Crippen LogP contribution < -0.4 is 20.5 Å². The summed E-state index contributed by atoms with van der Waals surface area (Å²) in [5.41, 5.74) is 0.0509. The van der Waals surface area contributed by atoms with Gasteiger partial charge in [0.05, 0.1) is 24.6 Å². The molecule has 1 saturated heterocycles. The summed E-state index contributed by atoms with van der Waals surface area (Å²) in [6.07, 6.45) is 6.61. The fourth-order valence-corrected chi connectivity index (χ4v) is 5.76. The number of alkyl carbamates (subject to hydrolysis) is 1. The van der Waals surface area contributed by atoms with Gasteiger partial charge in [-0.15, -0.1) is 0 Å². The Bertz CT molecular complexity index is 1180. The van der Waals surface area contributed by atoms with E-state index in [9.17, 15) is 18.0 Å². The third-order valence-electron chi connectivity index (χ3n) is 6.15. The molecule has 2 aromatic rings. The number of anilines is 1. The van der Waals surface area contributed by atoms with E-state index in [0.29, 0.717) is 57.4 Å². The SMILES string of the molecule is CCn1cc(S(=O)(=O)NC2CCC(NC(=O)O[C@@H]3CCN(c4cn[nH]c(=O)c4Cl)C3)CC2)cn1. The van der Waals surface area contributed by atoms with Crippen molar-refractivity contribution >= 4 is 33.4 Å². The molecule has 12 nitrogen and oxygen atoms in total. The van der Waals surface area contributed by atoms with Crippen LogP contribution in [-0.4, -0.2) is 65.8 Å². The molecule has 14 heteroatoms. The van der Waals surface area contributed by atoms with Crippen molar-refractivity contribution in [3.05, 3.63) is 34.0 Å². The molecule has 4 rings (SSSR count). The lowest BCUT2D eigenvalue weighted by Crippen LogP contribution is -2.44. The molecule has 0 bridgehead atoms. The van der Waals surface area contributed by atoms with E-state index >= 15 is 0 Å². The lowest BCUT2D eigenvalue weighted by atomic mass is 9.92. The van der Waals surface area contributed by atoms with Crippen LogP contribution in [0.1, 0.15) is 39.0 Å². The number of carbonyl (C=O) groups excluding carboxylic acids is 1. The van der Waals surface area contributed by atoms with Crippen LogP contribution in [0.25, 0.3) is 0 Å². The van der Waals surface area contributed by atoms with Gasteiger partial charge in [0.2, 0.25) is 10.0 Å². The topological polar surface area (TPSA) is 151 Å². The molecule has 2 fully saturated rings. The Hall–Kier alpha value is -2.64. The first-order valence-electron chi connectivity index (χ1n) is 11.2. The molecular formula is C20H28ClN7O5S. The number of hydrogen-bond acceptors (Lipinski definition) is 8. The van der Waals surface area contributed by atoms with Gasteiger partial charge >= 0.3 is 6.09 Å². The molecule has 0 spiro atoms. The largest absolute Gasteiger partial charge is 0.444 e. The number of rotatable bonds is 7. The van der Waals surface area contributed by atoms with Crippen molar-refractivity contribution < 1.29 is 17.9 Å². The average molecular weight is 514 g/mol. The quantitative estimate of drug-likeness (QED) is 0.500. The first kappa shape index (κ1) is 24.5. The number of aryl methyl sites for hydroxylation is 1. The van der Waals surface area contributed by atoms with E-state index in [2.05, 4.69) is 25.3 Å². The fourth-order valence-electron chi connectivity index (χ4n) is 4.29. The number of sulfonamides is 1. The van der Waals surface area contributed by atoms with Crippen molar-refractivity contribution in [1.82, 2.24) is 30.0 Å². The van der Waals surface area contributed by atoms with E-state index in [0.717, 1.165) is 0 Å². The van der Waals surface area contributed by atoms with Crippen molar-refractivity contribution in [3.63, 3.8) is 0 Å².